The molecule has 0 atom stereocenters. The van der Waals surface area contributed by atoms with Crippen LogP contribution in [-0.2, 0) is 0 Å². The summed E-state index contributed by atoms with van der Waals surface area (Å²) in [6, 6.07) is 37.5. The molecule has 10 aromatic rings. The lowest BCUT2D eigenvalue weighted by Crippen LogP contribution is -2.48. The highest BCUT2D eigenvalue weighted by Gasteiger charge is 2.22. The maximum absolute atomic E-state index is 11.3. The highest BCUT2D eigenvalue weighted by atomic mass is 16.3. The lowest BCUT2D eigenvalue weighted by Gasteiger charge is -2.19. The van der Waals surface area contributed by atoms with E-state index in [1.54, 1.807) is 4.80 Å². The second-order valence-corrected chi connectivity index (χ2v) is 12.8. The van der Waals surface area contributed by atoms with Crippen LogP contribution in [0.4, 0.5) is 0 Å². The Morgan fingerprint density at radius 1 is 0.547 bits per heavy atom. The van der Waals surface area contributed by atoms with Crippen LogP contribution in [0.5, 0.6) is 5.75 Å². The van der Waals surface area contributed by atoms with Crippen molar-refractivity contribution in [3.8, 4) is 45.6 Å². The second kappa shape index (κ2) is 11.7. The Balaban J connectivity index is 1.21. The third-order valence-corrected chi connectivity index (χ3v) is 9.73. The molecule has 3 aromatic heterocycles. The van der Waals surface area contributed by atoms with Crippen molar-refractivity contribution in [3.63, 3.8) is 0 Å². The molecule has 0 amide bonds. The van der Waals surface area contributed by atoms with Crippen LogP contribution >= 0.6 is 0 Å². The van der Waals surface area contributed by atoms with Gasteiger partial charge in [0.15, 0.2) is 17.5 Å². The third kappa shape index (κ3) is 4.79. The van der Waals surface area contributed by atoms with Crippen LogP contribution in [0.15, 0.2) is 120 Å². The summed E-state index contributed by atoms with van der Waals surface area (Å²) in [5, 5.41) is 26.6. The number of hydrogen-bond acceptors (Lipinski definition) is 7. The van der Waals surface area contributed by atoms with Gasteiger partial charge in [-0.2, -0.15) is 4.80 Å². The topological polar surface area (TPSA) is 103 Å². The maximum Gasteiger partial charge on any atom is 0.167 e. The molecule has 12 heteroatoms. The van der Waals surface area contributed by atoms with E-state index in [0.29, 0.717) is 28.4 Å². The average molecular weight is 672 g/mol. The quantitative estimate of drug-likeness (QED) is 0.214. The summed E-state index contributed by atoms with van der Waals surface area (Å²) in [4.78, 5) is 16.4. The molecule has 0 bridgehead atoms. The number of furan rings is 1. The summed E-state index contributed by atoms with van der Waals surface area (Å²) < 4.78 is 6.18. The molecular formula is C41H20B4N6O2. The van der Waals surface area contributed by atoms with Crippen molar-refractivity contribution in [2.45, 2.75) is 0 Å². The van der Waals surface area contributed by atoms with E-state index in [9.17, 15) is 5.11 Å². The van der Waals surface area contributed by atoms with Crippen molar-refractivity contribution in [2.24, 2.45) is 0 Å². The van der Waals surface area contributed by atoms with Crippen molar-refractivity contribution in [2.75, 3.05) is 0 Å². The van der Waals surface area contributed by atoms with Gasteiger partial charge in [0, 0.05) is 27.3 Å². The maximum atomic E-state index is 11.3. The molecule has 1 N–H and O–H groups in total. The highest BCUT2D eigenvalue weighted by Crippen LogP contribution is 2.38. The van der Waals surface area contributed by atoms with E-state index in [2.05, 4.69) is 18.2 Å². The fourth-order valence-electron chi connectivity index (χ4n) is 7.08. The SMILES string of the molecule is [B]c1c([B])c([B])c(-c2nc(-c3ccc4c(ccc5ccc6nn(-c7ccccc7)nc6c54)c3)nc(-c3cccc4oc5ccccc5c34)n2)c(O)c1[B]. The lowest BCUT2D eigenvalue weighted by molar-refractivity contribution is 0.482. The van der Waals surface area contributed by atoms with Crippen molar-refractivity contribution in [1.29, 1.82) is 0 Å². The van der Waals surface area contributed by atoms with E-state index >= 15 is 0 Å². The van der Waals surface area contributed by atoms with E-state index in [1.165, 1.54) is 0 Å². The first kappa shape index (κ1) is 31.1. The Bertz CT molecular complexity index is 3120. The number of aromatic hydroxyl groups is 1. The van der Waals surface area contributed by atoms with Crippen molar-refractivity contribution < 1.29 is 9.52 Å². The first-order chi connectivity index (χ1) is 25.8. The normalized spacial score (nSPS) is 11.8. The van der Waals surface area contributed by atoms with Gasteiger partial charge < -0.3 is 9.52 Å². The van der Waals surface area contributed by atoms with Gasteiger partial charge in [0.2, 0.25) is 0 Å². The van der Waals surface area contributed by atoms with Crippen LogP contribution < -0.4 is 21.9 Å². The number of benzene rings is 7. The van der Waals surface area contributed by atoms with Gasteiger partial charge in [-0.25, -0.2) is 15.0 Å². The molecule has 238 valence electrons. The van der Waals surface area contributed by atoms with Gasteiger partial charge in [0.25, 0.3) is 0 Å². The minimum absolute atomic E-state index is 0.00168. The summed E-state index contributed by atoms with van der Waals surface area (Å²) in [6.45, 7) is 0. The van der Waals surface area contributed by atoms with Crippen molar-refractivity contribution >= 4 is 108 Å². The van der Waals surface area contributed by atoms with Crippen LogP contribution in [-0.4, -0.2) is 66.4 Å². The zero-order chi connectivity index (χ0) is 36.0. The Hall–Kier alpha value is -6.67. The van der Waals surface area contributed by atoms with Gasteiger partial charge in [-0.15, -0.1) is 21.1 Å². The highest BCUT2D eigenvalue weighted by molar-refractivity contribution is 6.64. The van der Waals surface area contributed by atoms with Gasteiger partial charge in [0.1, 0.15) is 59.3 Å². The third-order valence-electron chi connectivity index (χ3n) is 9.73. The van der Waals surface area contributed by atoms with Gasteiger partial charge in [-0.3, -0.25) is 0 Å². The molecule has 0 unspecified atom stereocenters. The number of aromatic nitrogens is 6. The van der Waals surface area contributed by atoms with Crippen LogP contribution in [0.3, 0.4) is 0 Å². The minimum atomic E-state index is -0.373. The number of hydrogen-bond donors (Lipinski definition) is 1. The number of fused-ring (bicyclic) bond motifs is 8. The first-order valence-electron chi connectivity index (χ1n) is 16.7. The van der Waals surface area contributed by atoms with Crippen molar-refractivity contribution in [3.05, 3.63) is 115 Å². The standard InChI is InChI=1S/C41H20B4N6O2/c42-33-32(38(52)36(45)35(44)34(33)43)41-47-39(46-40(48-41)26-10-6-12-29-31(26)25-9-4-5-11-28(25)53-29)22-15-17-24-21(19-22)14-13-20-16-18-27-37(30(20)24)50-51(49-27)23-7-2-1-3-8-23/h1-19,52H. The summed E-state index contributed by atoms with van der Waals surface area (Å²) in [6.07, 6.45) is 0. The number of phenolic OH excluding ortho intramolecular Hbond substituents is 1. The van der Waals surface area contributed by atoms with E-state index < -0.39 is 0 Å². The molecule has 0 saturated heterocycles. The average Bonchev–Trinajstić information content (AvgIpc) is 3.81. The Morgan fingerprint density at radius 2 is 1.26 bits per heavy atom. The smallest absolute Gasteiger partial charge is 0.167 e. The van der Waals surface area contributed by atoms with E-state index in [4.69, 9.17) is 61.0 Å². The molecule has 7 aromatic carbocycles. The van der Waals surface area contributed by atoms with Crippen LogP contribution in [0, 0.1) is 0 Å². The molecule has 8 radical (unpaired) electrons. The fraction of sp³-hybridized carbons (Fsp3) is 0. The van der Waals surface area contributed by atoms with Crippen LogP contribution in [0.1, 0.15) is 0 Å². The summed E-state index contributed by atoms with van der Waals surface area (Å²) in [7, 11) is 25.0. The number of phenols is 1. The summed E-state index contributed by atoms with van der Waals surface area (Å²) in [5.41, 5.74) is 5.17. The number of para-hydroxylation sites is 2. The molecule has 8 nitrogen and oxygen atoms in total. The van der Waals surface area contributed by atoms with Crippen LogP contribution in [0.25, 0.3) is 94.4 Å². The predicted molar refractivity (Wildman–Crippen MR) is 214 cm³/mol. The van der Waals surface area contributed by atoms with Gasteiger partial charge in [-0.1, -0.05) is 89.8 Å². The summed E-state index contributed by atoms with van der Waals surface area (Å²) >= 11 is 0. The first-order valence-corrected chi connectivity index (χ1v) is 16.7. The van der Waals surface area contributed by atoms with E-state index in [1.807, 2.05) is 97.1 Å². The molecule has 10 rings (SSSR count). The zero-order valence-electron chi connectivity index (χ0n) is 27.8. The van der Waals surface area contributed by atoms with E-state index in [0.717, 1.165) is 54.6 Å². The second-order valence-electron chi connectivity index (χ2n) is 12.8. The monoisotopic (exact) mass is 672 g/mol. The largest absolute Gasteiger partial charge is 0.508 e. The van der Waals surface area contributed by atoms with Crippen molar-refractivity contribution in [1.82, 2.24) is 29.9 Å². The van der Waals surface area contributed by atoms with Gasteiger partial charge in [-0.05, 0) is 52.6 Å². The number of nitrogens with zero attached hydrogens (tertiary/aromatic N) is 6. The minimum Gasteiger partial charge on any atom is -0.508 e. The number of rotatable bonds is 4. The molecule has 0 saturated carbocycles. The molecule has 53 heavy (non-hydrogen) atoms. The molecule has 0 fully saturated rings. The predicted octanol–water partition coefficient (Wildman–Crippen LogP) is 4.69. The molecule has 3 heterocycles. The Kier molecular flexibility index (Phi) is 6.85. The summed E-state index contributed by atoms with van der Waals surface area (Å²) in [5.74, 6) is 0.355. The van der Waals surface area contributed by atoms with E-state index in [-0.39, 0.29) is 39.0 Å². The molecular weight excluding hydrogens is 652 g/mol. The molecule has 0 aliphatic carbocycles. The van der Waals surface area contributed by atoms with Crippen LogP contribution in [0.2, 0.25) is 0 Å². The fourth-order valence-corrected chi connectivity index (χ4v) is 7.08. The Labute approximate surface area is 307 Å². The molecule has 0 spiro atoms. The Morgan fingerprint density at radius 3 is 2.13 bits per heavy atom. The molecule has 0 aliphatic rings. The van der Waals surface area contributed by atoms with Gasteiger partial charge in [0.05, 0.1) is 11.3 Å². The lowest BCUT2D eigenvalue weighted by atomic mass is 9.65. The zero-order valence-corrected chi connectivity index (χ0v) is 27.8. The van der Waals surface area contributed by atoms with Gasteiger partial charge >= 0.3 is 0 Å². The molecule has 0 aliphatic heterocycles.